The lowest BCUT2D eigenvalue weighted by Crippen LogP contribution is -2.33. The van der Waals surface area contributed by atoms with E-state index < -0.39 is 22.1 Å². The van der Waals surface area contributed by atoms with E-state index in [2.05, 4.69) is 41.5 Å². The minimum Gasteiger partial charge on any atom is -0.492 e. The summed E-state index contributed by atoms with van der Waals surface area (Å²) in [6.45, 7) is 11.1. The van der Waals surface area contributed by atoms with Crippen molar-refractivity contribution in [3.05, 3.63) is 70.8 Å². The molecule has 206 valence electrons. The van der Waals surface area contributed by atoms with Gasteiger partial charge in [0.25, 0.3) is 0 Å². The maximum absolute atomic E-state index is 12.9. The number of ether oxygens (including phenoxy) is 2. The zero-order chi connectivity index (χ0) is 27.7. The third-order valence-corrected chi connectivity index (χ3v) is 8.69. The molecule has 0 fully saturated rings. The first-order chi connectivity index (χ1) is 17.9. The van der Waals surface area contributed by atoms with Gasteiger partial charge in [0.1, 0.15) is 11.5 Å². The van der Waals surface area contributed by atoms with Crippen LogP contribution in [0.1, 0.15) is 70.1 Å². The van der Waals surface area contributed by atoms with Crippen LogP contribution in [0.4, 0.5) is 13.2 Å². The summed E-state index contributed by atoms with van der Waals surface area (Å²) in [7, 11) is -1.26. The fourth-order valence-corrected chi connectivity index (χ4v) is 5.84. The highest BCUT2D eigenvalue weighted by Crippen LogP contribution is 2.46. The number of hydrogen-bond donors (Lipinski definition) is 1. The van der Waals surface area contributed by atoms with E-state index in [1.807, 2.05) is 26.8 Å². The maximum Gasteiger partial charge on any atom is 0.573 e. The molecule has 0 amide bonds. The number of halogens is 3. The number of hydrogen-bond acceptors (Lipinski definition) is 3. The summed E-state index contributed by atoms with van der Waals surface area (Å²) in [5, 5.41) is 0. The van der Waals surface area contributed by atoms with E-state index in [1.54, 1.807) is 12.1 Å². The zero-order valence-electron chi connectivity index (χ0n) is 22.6. The third kappa shape index (κ3) is 6.52. The van der Waals surface area contributed by atoms with Gasteiger partial charge in [-0.25, -0.2) is 8.93 Å². The maximum atomic E-state index is 12.9. The van der Waals surface area contributed by atoms with E-state index in [0.29, 0.717) is 19.1 Å². The molecular weight excluding hydrogens is 511 g/mol. The smallest absolute Gasteiger partial charge is 0.492 e. The van der Waals surface area contributed by atoms with Crippen LogP contribution >= 0.6 is 0 Å². The van der Waals surface area contributed by atoms with Crippen LogP contribution in [-0.2, 0) is 24.0 Å². The van der Waals surface area contributed by atoms with Crippen LogP contribution in [0.5, 0.6) is 11.5 Å². The van der Waals surface area contributed by atoms with Gasteiger partial charge in [-0.2, -0.15) is 0 Å². The Balaban J connectivity index is 1.75. The molecule has 3 atom stereocenters. The van der Waals surface area contributed by atoms with Crippen molar-refractivity contribution >= 4 is 11.0 Å². The first-order valence-electron chi connectivity index (χ1n) is 13.1. The summed E-state index contributed by atoms with van der Waals surface area (Å²) in [5.41, 5.74) is 6.27. The fraction of sp³-hybridized carbons (Fsp3) is 0.467. The predicted octanol–water partition coefficient (Wildman–Crippen LogP) is 7.75. The van der Waals surface area contributed by atoms with Gasteiger partial charge in [-0.1, -0.05) is 49.8 Å². The Hall–Kier alpha value is -2.58. The Morgan fingerprint density at radius 1 is 1.18 bits per heavy atom. The molecule has 0 saturated carbocycles. The van der Waals surface area contributed by atoms with Crippen molar-refractivity contribution in [1.29, 1.82) is 0 Å². The molecule has 1 N–H and O–H groups in total. The summed E-state index contributed by atoms with van der Waals surface area (Å²) in [5.74, 6) is 1.04. The predicted molar refractivity (Wildman–Crippen MR) is 147 cm³/mol. The van der Waals surface area contributed by atoms with Gasteiger partial charge in [0.2, 0.25) is 0 Å². The number of allylic oxidation sites excluding steroid dienone is 4. The molecule has 0 bridgehead atoms. The van der Waals surface area contributed by atoms with E-state index in [-0.39, 0.29) is 11.7 Å². The van der Waals surface area contributed by atoms with Crippen molar-refractivity contribution in [2.24, 2.45) is 5.92 Å². The van der Waals surface area contributed by atoms with E-state index >= 15 is 0 Å². The van der Waals surface area contributed by atoms with Crippen molar-refractivity contribution in [3.8, 4) is 22.6 Å². The van der Waals surface area contributed by atoms with Gasteiger partial charge in [-0.3, -0.25) is 0 Å². The Morgan fingerprint density at radius 2 is 1.89 bits per heavy atom. The van der Waals surface area contributed by atoms with E-state index in [4.69, 9.17) is 4.74 Å². The highest BCUT2D eigenvalue weighted by Gasteiger charge is 2.32. The molecule has 2 aromatic rings. The van der Waals surface area contributed by atoms with Gasteiger partial charge in [0.15, 0.2) is 0 Å². The van der Waals surface area contributed by atoms with Gasteiger partial charge in [0, 0.05) is 24.1 Å². The summed E-state index contributed by atoms with van der Waals surface area (Å²) in [6.07, 6.45) is 4.79. The molecule has 2 aliphatic rings. The topological polar surface area (TPSA) is 47.6 Å². The molecule has 0 saturated heterocycles. The molecule has 4 nitrogen and oxygen atoms in total. The number of benzene rings is 2. The average molecular weight is 548 g/mol. The van der Waals surface area contributed by atoms with Gasteiger partial charge in [-0.05, 0) is 80.3 Å². The van der Waals surface area contributed by atoms with Crippen molar-refractivity contribution in [2.75, 3.05) is 6.61 Å². The van der Waals surface area contributed by atoms with Crippen LogP contribution in [0.15, 0.2) is 54.1 Å². The Labute approximate surface area is 225 Å². The monoisotopic (exact) mass is 547 g/mol. The summed E-state index contributed by atoms with van der Waals surface area (Å²) in [4.78, 5) is 0. The number of alkyl halides is 3. The van der Waals surface area contributed by atoms with Gasteiger partial charge < -0.3 is 9.47 Å². The van der Waals surface area contributed by atoms with Gasteiger partial charge in [-0.15, -0.1) is 13.2 Å². The fourth-order valence-electron chi connectivity index (χ4n) is 5.12. The number of nitrogens with one attached hydrogen (secondary N) is 1. The Morgan fingerprint density at radius 3 is 2.47 bits per heavy atom. The standard InChI is InChI=1S/C30H36F3NO3S/c1-6-20-7-9-21(10-8-20)19(2)27-23(18-34-38(35)29(3,4)5)17-26(28-25(27)15-16-36-28)22-11-13-24(14-12-22)37-30(31,32)33/h7-9,11-14,17,19,21,34H,6,10,15-16,18H2,1-5H3. The second-order valence-electron chi connectivity index (χ2n) is 10.9. The highest BCUT2D eigenvalue weighted by molar-refractivity contribution is 7.84. The van der Waals surface area contributed by atoms with E-state index in [0.717, 1.165) is 47.3 Å². The lowest BCUT2D eigenvalue weighted by Gasteiger charge is -2.28. The second-order valence-corrected chi connectivity index (χ2v) is 12.9. The minimum atomic E-state index is -4.74. The molecule has 4 rings (SSSR count). The third-order valence-electron chi connectivity index (χ3n) is 7.17. The van der Waals surface area contributed by atoms with Crippen molar-refractivity contribution in [1.82, 2.24) is 4.72 Å². The van der Waals surface area contributed by atoms with Gasteiger partial charge in [0.05, 0.1) is 22.3 Å². The Kier molecular flexibility index (Phi) is 8.43. The van der Waals surface area contributed by atoms with Crippen LogP contribution in [0.25, 0.3) is 11.1 Å². The molecule has 1 aliphatic carbocycles. The van der Waals surface area contributed by atoms with Gasteiger partial charge >= 0.3 is 6.36 Å². The number of fused-ring (bicyclic) bond motifs is 1. The first kappa shape index (κ1) is 28.4. The SMILES string of the molecule is CCC1=CCC(C(C)c2c(CNS(=O)C(C)(C)C)cc(-c3ccc(OC(F)(F)F)cc3)c3c2CCO3)C=C1. The van der Waals surface area contributed by atoms with E-state index in [9.17, 15) is 17.4 Å². The zero-order valence-corrected chi connectivity index (χ0v) is 23.4. The molecule has 1 heterocycles. The summed E-state index contributed by atoms with van der Waals surface area (Å²) in [6, 6.07) is 7.91. The molecule has 0 radical (unpaired) electrons. The highest BCUT2D eigenvalue weighted by atomic mass is 32.2. The average Bonchev–Trinajstić information content (AvgIpc) is 3.35. The van der Waals surface area contributed by atoms with Crippen LogP contribution in [0, 0.1) is 5.92 Å². The minimum absolute atomic E-state index is 0.202. The quantitative estimate of drug-likeness (QED) is 0.368. The van der Waals surface area contributed by atoms with Crippen LogP contribution in [0.3, 0.4) is 0 Å². The number of rotatable bonds is 8. The summed E-state index contributed by atoms with van der Waals surface area (Å²) >= 11 is 0. The molecule has 0 aromatic heterocycles. The lowest BCUT2D eigenvalue weighted by atomic mass is 9.77. The first-order valence-corrected chi connectivity index (χ1v) is 14.2. The Bertz CT molecular complexity index is 1240. The molecule has 2 aromatic carbocycles. The lowest BCUT2D eigenvalue weighted by molar-refractivity contribution is -0.274. The molecule has 8 heteroatoms. The molecule has 0 spiro atoms. The van der Waals surface area contributed by atoms with Crippen LogP contribution < -0.4 is 14.2 Å². The van der Waals surface area contributed by atoms with Crippen LogP contribution in [-0.4, -0.2) is 21.9 Å². The molecule has 3 unspecified atom stereocenters. The van der Waals surface area contributed by atoms with E-state index in [1.165, 1.54) is 23.3 Å². The second kappa shape index (κ2) is 11.3. The molecular formula is C30H36F3NO3S. The molecule has 38 heavy (non-hydrogen) atoms. The molecule has 1 aliphatic heterocycles. The van der Waals surface area contributed by atoms with Crippen molar-refractivity contribution in [3.63, 3.8) is 0 Å². The van der Waals surface area contributed by atoms with Crippen LogP contribution in [0.2, 0.25) is 0 Å². The summed E-state index contributed by atoms with van der Waals surface area (Å²) < 4.78 is 63.8. The largest absolute Gasteiger partial charge is 0.573 e. The van der Waals surface area contributed by atoms with Crippen molar-refractivity contribution < 1.29 is 26.9 Å². The normalized spacial score (nSPS) is 18.9. The van der Waals surface area contributed by atoms with Crippen molar-refractivity contribution in [2.45, 2.75) is 77.5 Å².